The molecule has 2 aromatic rings. The molecule has 0 amide bonds. The maximum absolute atomic E-state index is 13.3. The average molecular weight is 345 g/mol. The number of methoxy groups -OCH3 is 2. The standard InChI is InChI=1S/C20H24FNO3/c1-23-18-7-8-19(24-2)15(13-18)14-22-20(9-11-25-12-10-20)16-3-5-17(21)6-4-16/h3-8,13,22H,9-12,14H2,1-2H3. The molecular weight excluding hydrogens is 321 g/mol. The summed E-state index contributed by atoms with van der Waals surface area (Å²) in [6.45, 7) is 1.98. The lowest BCUT2D eigenvalue weighted by Gasteiger charge is -2.39. The van der Waals surface area contributed by atoms with Crippen LogP contribution < -0.4 is 14.8 Å². The molecule has 1 heterocycles. The fraction of sp³-hybridized carbons (Fsp3) is 0.400. The van der Waals surface area contributed by atoms with E-state index in [-0.39, 0.29) is 11.4 Å². The van der Waals surface area contributed by atoms with Gasteiger partial charge in [0.1, 0.15) is 17.3 Å². The van der Waals surface area contributed by atoms with Gasteiger partial charge in [0.25, 0.3) is 0 Å². The first-order valence-corrected chi connectivity index (χ1v) is 8.46. The number of nitrogens with one attached hydrogen (secondary N) is 1. The second kappa shape index (κ2) is 7.85. The Morgan fingerprint density at radius 2 is 1.76 bits per heavy atom. The van der Waals surface area contributed by atoms with Gasteiger partial charge in [0.15, 0.2) is 0 Å². The molecule has 1 aliphatic heterocycles. The first-order valence-electron chi connectivity index (χ1n) is 8.46. The second-order valence-electron chi connectivity index (χ2n) is 6.23. The minimum atomic E-state index is -0.236. The first-order chi connectivity index (χ1) is 12.2. The Hall–Kier alpha value is -2.11. The summed E-state index contributed by atoms with van der Waals surface area (Å²) in [7, 11) is 3.31. The second-order valence-corrected chi connectivity index (χ2v) is 6.23. The normalized spacial score (nSPS) is 16.4. The predicted molar refractivity (Wildman–Crippen MR) is 94.5 cm³/mol. The fourth-order valence-electron chi connectivity index (χ4n) is 3.34. The molecule has 1 aliphatic rings. The summed E-state index contributed by atoms with van der Waals surface area (Å²) in [5.74, 6) is 1.38. The van der Waals surface area contributed by atoms with E-state index in [9.17, 15) is 4.39 Å². The average Bonchev–Trinajstić information content (AvgIpc) is 2.67. The Morgan fingerprint density at radius 3 is 2.40 bits per heavy atom. The molecule has 1 saturated heterocycles. The molecule has 25 heavy (non-hydrogen) atoms. The minimum absolute atomic E-state index is 0.222. The highest BCUT2D eigenvalue weighted by atomic mass is 19.1. The quantitative estimate of drug-likeness (QED) is 0.868. The fourth-order valence-corrected chi connectivity index (χ4v) is 3.34. The van der Waals surface area contributed by atoms with Crippen LogP contribution in [0.3, 0.4) is 0 Å². The van der Waals surface area contributed by atoms with Crippen LogP contribution in [0.5, 0.6) is 11.5 Å². The molecule has 0 aromatic heterocycles. The predicted octanol–water partition coefficient (Wildman–Crippen LogP) is 3.64. The Balaban J connectivity index is 1.85. The van der Waals surface area contributed by atoms with Gasteiger partial charge in [0.2, 0.25) is 0 Å². The number of benzene rings is 2. The molecule has 1 N–H and O–H groups in total. The molecule has 5 heteroatoms. The number of halogens is 1. The highest BCUT2D eigenvalue weighted by molar-refractivity contribution is 5.40. The SMILES string of the molecule is COc1ccc(OC)c(CNC2(c3ccc(F)cc3)CCOCC2)c1. The van der Waals surface area contributed by atoms with Gasteiger partial charge in [-0.25, -0.2) is 4.39 Å². The molecule has 0 unspecified atom stereocenters. The van der Waals surface area contributed by atoms with Crippen LogP contribution in [0.15, 0.2) is 42.5 Å². The zero-order valence-electron chi connectivity index (χ0n) is 14.7. The van der Waals surface area contributed by atoms with E-state index >= 15 is 0 Å². The molecule has 2 aromatic carbocycles. The number of ether oxygens (including phenoxy) is 3. The third-order valence-electron chi connectivity index (χ3n) is 4.85. The number of hydrogen-bond donors (Lipinski definition) is 1. The molecular formula is C20H24FNO3. The van der Waals surface area contributed by atoms with Crippen molar-refractivity contribution in [3.63, 3.8) is 0 Å². The molecule has 0 saturated carbocycles. The summed E-state index contributed by atoms with van der Waals surface area (Å²) in [6.07, 6.45) is 1.68. The van der Waals surface area contributed by atoms with E-state index in [0.717, 1.165) is 35.5 Å². The van der Waals surface area contributed by atoms with Crippen molar-refractivity contribution < 1.29 is 18.6 Å². The van der Waals surface area contributed by atoms with E-state index in [1.54, 1.807) is 14.2 Å². The molecule has 0 bridgehead atoms. The van der Waals surface area contributed by atoms with Crippen molar-refractivity contribution >= 4 is 0 Å². The van der Waals surface area contributed by atoms with Gasteiger partial charge in [0.05, 0.1) is 14.2 Å². The topological polar surface area (TPSA) is 39.7 Å². The van der Waals surface area contributed by atoms with Gasteiger partial charge in [-0.15, -0.1) is 0 Å². The molecule has 134 valence electrons. The summed E-state index contributed by atoms with van der Waals surface area (Å²) >= 11 is 0. The summed E-state index contributed by atoms with van der Waals surface area (Å²) in [5, 5.41) is 3.68. The molecule has 0 atom stereocenters. The first kappa shape index (κ1) is 17.7. The van der Waals surface area contributed by atoms with Crippen LogP contribution in [0.1, 0.15) is 24.0 Å². The highest BCUT2D eigenvalue weighted by Gasteiger charge is 2.34. The maximum Gasteiger partial charge on any atom is 0.123 e. The third kappa shape index (κ3) is 3.94. The van der Waals surface area contributed by atoms with Crippen molar-refractivity contribution in [1.82, 2.24) is 5.32 Å². The summed E-state index contributed by atoms with van der Waals surface area (Å²) in [4.78, 5) is 0. The van der Waals surface area contributed by atoms with Crippen molar-refractivity contribution in [2.45, 2.75) is 24.9 Å². The van der Waals surface area contributed by atoms with Crippen LogP contribution >= 0.6 is 0 Å². The lowest BCUT2D eigenvalue weighted by Crippen LogP contribution is -2.46. The van der Waals surface area contributed by atoms with Crippen LogP contribution in [-0.2, 0) is 16.8 Å². The maximum atomic E-state index is 13.3. The Labute approximate surface area is 147 Å². The van der Waals surface area contributed by atoms with E-state index in [0.29, 0.717) is 19.8 Å². The molecule has 3 rings (SSSR count). The summed E-state index contributed by atoms with van der Waals surface area (Å²) in [6, 6.07) is 12.5. The number of hydrogen-bond acceptors (Lipinski definition) is 4. The van der Waals surface area contributed by atoms with E-state index in [4.69, 9.17) is 14.2 Å². The van der Waals surface area contributed by atoms with E-state index in [1.165, 1.54) is 12.1 Å². The van der Waals surface area contributed by atoms with Gasteiger partial charge in [-0.3, -0.25) is 0 Å². The van der Waals surface area contributed by atoms with Crippen molar-refractivity contribution in [3.8, 4) is 11.5 Å². The zero-order chi connectivity index (χ0) is 17.7. The smallest absolute Gasteiger partial charge is 0.123 e. The van der Waals surface area contributed by atoms with E-state index in [2.05, 4.69) is 5.32 Å². The Bertz CT molecular complexity index is 697. The monoisotopic (exact) mass is 345 g/mol. The van der Waals surface area contributed by atoms with E-state index < -0.39 is 0 Å². The van der Waals surface area contributed by atoms with Crippen molar-refractivity contribution in [2.75, 3.05) is 27.4 Å². The highest BCUT2D eigenvalue weighted by Crippen LogP contribution is 2.34. The molecule has 0 aliphatic carbocycles. The lowest BCUT2D eigenvalue weighted by molar-refractivity contribution is 0.0357. The van der Waals surface area contributed by atoms with Gasteiger partial charge >= 0.3 is 0 Å². The Kier molecular flexibility index (Phi) is 5.56. The lowest BCUT2D eigenvalue weighted by atomic mass is 9.82. The van der Waals surface area contributed by atoms with Crippen LogP contribution in [-0.4, -0.2) is 27.4 Å². The van der Waals surface area contributed by atoms with Gasteiger partial charge in [-0.05, 0) is 48.7 Å². The van der Waals surface area contributed by atoms with E-state index in [1.807, 2.05) is 30.3 Å². The van der Waals surface area contributed by atoms with Gasteiger partial charge in [-0.2, -0.15) is 0 Å². The van der Waals surface area contributed by atoms with Crippen LogP contribution in [0, 0.1) is 5.82 Å². The van der Waals surface area contributed by atoms with Crippen LogP contribution in [0.25, 0.3) is 0 Å². The largest absolute Gasteiger partial charge is 0.497 e. The number of rotatable bonds is 6. The van der Waals surface area contributed by atoms with Gasteiger partial charge < -0.3 is 19.5 Å². The summed E-state index contributed by atoms with van der Waals surface area (Å²) < 4.78 is 29.7. The van der Waals surface area contributed by atoms with Gasteiger partial charge in [0, 0.05) is 30.9 Å². The zero-order valence-corrected chi connectivity index (χ0v) is 14.7. The Morgan fingerprint density at radius 1 is 1.04 bits per heavy atom. The minimum Gasteiger partial charge on any atom is -0.497 e. The van der Waals surface area contributed by atoms with Crippen molar-refractivity contribution in [3.05, 3.63) is 59.4 Å². The summed E-state index contributed by atoms with van der Waals surface area (Å²) in [5.41, 5.74) is 1.87. The van der Waals surface area contributed by atoms with Crippen LogP contribution in [0.2, 0.25) is 0 Å². The van der Waals surface area contributed by atoms with Crippen molar-refractivity contribution in [2.24, 2.45) is 0 Å². The third-order valence-corrected chi connectivity index (χ3v) is 4.85. The molecule has 0 radical (unpaired) electrons. The molecule has 4 nitrogen and oxygen atoms in total. The molecule has 1 fully saturated rings. The van der Waals surface area contributed by atoms with Crippen molar-refractivity contribution in [1.29, 1.82) is 0 Å². The van der Waals surface area contributed by atoms with Gasteiger partial charge in [-0.1, -0.05) is 12.1 Å². The molecule has 0 spiro atoms. The van der Waals surface area contributed by atoms with Crippen LogP contribution in [0.4, 0.5) is 4.39 Å².